The second-order valence-electron chi connectivity index (χ2n) is 16.1. The first kappa shape index (κ1) is 29.6. The van der Waals surface area contributed by atoms with Gasteiger partial charge in [0.05, 0.1) is 5.41 Å². The lowest BCUT2D eigenvalue weighted by Crippen LogP contribution is -2.66. The summed E-state index contributed by atoms with van der Waals surface area (Å²) in [6.45, 7) is 21.6. The van der Waals surface area contributed by atoms with Crippen LogP contribution < -0.4 is 0 Å². The number of ether oxygens (including phenoxy) is 2. The number of rotatable bonds is 4. The van der Waals surface area contributed by atoms with Crippen LogP contribution in [-0.4, -0.2) is 30.4 Å². The largest absolute Gasteiger partial charge is 0.462 e. The molecule has 0 aromatic carbocycles. The molecule has 0 N–H and O–H groups in total. The molecule has 0 spiro atoms. The summed E-state index contributed by atoms with van der Waals surface area (Å²) < 4.78 is 11.4. The summed E-state index contributed by atoms with van der Waals surface area (Å²) in [7, 11) is 0. The smallest absolute Gasteiger partial charge is 0.312 e. The molecule has 5 nitrogen and oxygen atoms in total. The topological polar surface area (TPSA) is 69.7 Å². The first-order valence-electron chi connectivity index (χ1n) is 15.7. The summed E-state index contributed by atoms with van der Waals surface area (Å²) in [4.78, 5) is 39.7. The summed E-state index contributed by atoms with van der Waals surface area (Å²) in [6.07, 6.45) is 12.1. The summed E-state index contributed by atoms with van der Waals surface area (Å²) in [5, 5.41) is 0. The molecule has 5 aliphatic carbocycles. The van der Waals surface area contributed by atoms with Crippen molar-refractivity contribution in [2.45, 2.75) is 119 Å². The van der Waals surface area contributed by atoms with Crippen molar-refractivity contribution in [3.05, 3.63) is 24.3 Å². The fourth-order valence-electron chi connectivity index (χ4n) is 11.1. The highest BCUT2D eigenvalue weighted by atomic mass is 16.5. The molecule has 0 unspecified atom stereocenters. The molecule has 0 aromatic heterocycles. The van der Waals surface area contributed by atoms with Crippen LogP contribution in [0.2, 0.25) is 0 Å². The van der Waals surface area contributed by atoms with E-state index < -0.39 is 5.41 Å². The fraction of sp³-hybridized carbons (Fsp3) is 0.800. The first-order chi connectivity index (χ1) is 18.5. The van der Waals surface area contributed by atoms with Crippen LogP contribution in [0.5, 0.6) is 0 Å². The van der Waals surface area contributed by atoms with Crippen molar-refractivity contribution >= 4 is 17.7 Å². The number of carbonyl (C=O) groups excluding carboxylic acids is 3. The van der Waals surface area contributed by atoms with E-state index in [1.54, 1.807) is 6.08 Å². The Balaban J connectivity index is 1.54. The Morgan fingerprint density at radius 3 is 2.30 bits per heavy atom. The number of fused-ring (bicyclic) bond motifs is 7. The van der Waals surface area contributed by atoms with Gasteiger partial charge in [-0.25, -0.2) is 0 Å². The number of hydrogen-bond acceptors (Lipinski definition) is 5. The van der Waals surface area contributed by atoms with Gasteiger partial charge in [-0.3, -0.25) is 14.4 Å². The molecule has 40 heavy (non-hydrogen) atoms. The number of ketones is 1. The van der Waals surface area contributed by atoms with Gasteiger partial charge in [-0.05, 0) is 104 Å². The Morgan fingerprint density at radius 2 is 1.65 bits per heavy atom. The maximum Gasteiger partial charge on any atom is 0.312 e. The monoisotopic (exact) mass is 552 g/mol. The number of hydrogen-bond donors (Lipinski definition) is 0. The van der Waals surface area contributed by atoms with E-state index in [9.17, 15) is 14.4 Å². The van der Waals surface area contributed by atoms with Crippen molar-refractivity contribution in [1.82, 2.24) is 0 Å². The van der Waals surface area contributed by atoms with Gasteiger partial charge in [-0.2, -0.15) is 0 Å². The highest BCUT2D eigenvalue weighted by Gasteiger charge is 2.70. The third-order valence-electron chi connectivity index (χ3n) is 13.6. The molecule has 4 saturated carbocycles. The summed E-state index contributed by atoms with van der Waals surface area (Å²) in [5.74, 6) is 0.397. The van der Waals surface area contributed by atoms with Gasteiger partial charge >= 0.3 is 11.9 Å². The van der Waals surface area contributed by atoms with Crippen molar-refractivity contribution in [3.63, 3.8) is 0 Å². The van der Waals surface area contributed by atoms with Crippen LogP contribution in [0.25, 0.3) is 0 Å². The molecule has 5 aliphatic rings. The minimum Gasteiger partial charge on any atom is -0.462 e. The van der Waals surface area contributed by atoms with Gasteiger partial charge in [0.2, 0.25) is 0 Å². The molecule has 0 aromatic rings. The lowest BCUT2D eigenvalue weighted by Gasteiger charge is -2.70. The molecular formula is C35H52O5. The van der Waals surface area contributed by atoms with Crippen LogP contribution in [0, 0.1) is 50.2 Å². The van der Waals surface area contributed by atoms with Gasteiger partial charge < -0.3 is 9.47 Å². The lowest BCUT2D eigenvalue weighted by atomic mass is 9.33. The number of carbonyl (C=O) groups is 3. The molecule has 0 radical (unpaired) electrons. The van der Waals surface area contributed by atoms with Gasteiger partial charge in [0.15, 0.2) is 5.78 Å². The molecule has 0 bridgehead atoms. The van der Waals surface area contributed by atoms with E-state index in [1.807, 2.05) is 0 Å². The van der Waals surface area contributed by atoms with Gasteiger partial charge in [0.25, 0.3) is 0 Å². The van der Waals surface area contributed by atoms with E-state index in [0.717, 1.165) is 57.8 Å². The minimum absolute atomic E-state index is 0.0538. The normalized spacial score (nSPS) is 47.4. The zero-order valence-corrected chi connectivity index (χ0v) is 26.3. The minimum atomic E-state index is -0.546. The number of allylic oxidation sites excluding steroid dienone is 2. The van der Waals surface area contributed by atoms with Crippen LogP contribution in [0.1, 0.15) is 113 Å². The maximum absolute atomic E-state index is 14.5. The second-order valence-corrected chi connectivity index (χ2v) is 16.1. The van der Waals surface area contributed by atoms with E-state index in [0.29, 0.717) is 5.92 Å². The average Bonchev–Trinajstić information content (AvgIpc) is 2.86. The van der Waals surface area contributed by atoms with Crippen molar-refractivity contribution < 1.29 is 23.9 Å². The molecule has 0 amide bonds. The van der Waals surface area contributed by atoms with Crippen molar-refractivity contribution in [2.75, 3.05) is 6.61 Å². The molecule has 0 aliphatic heterocycles. The molecule has 5 heteroatoms. The van der Waals surface area contributed by atoms with Crippen LogP contribution >= 0.6 is 0 Å². The molecule has 9 atom stereocenters. The van der Waals surface area contributed by atoms with Gasteiger partial charge in [0.1, 0.15) is 12.7 Å². The predicted octanol–water partition coefficient (Wildman–Crippen LogP) is 7.63. The van der Waals surface area contributed by atoms with E-state index >= 15 is 0 Å². The van der Waals surface area contributed by atoms with Crippen molar-refractivity contribution in [3.8, 4) is 0 Å². The third kappa shape index (κ3) is 3.95. The maximum atomic E-state index is 14.5. The average molecular weight is 553 g/mol. The SMILES string of the molecule is C=CCOC(=O)[C@@]1(C)CC[C@]2(C)CC[C@@]3(C)C(=CC(=O)[C@@H]4[C@@]5(C)CC[C@H](OC(C)=O)C(C)(C)[C@H]5CC[C@]43C)[C@H]2C1. The second kappa shape index (κ2) is 9.30. The van der Waals surface area contributed by atoms with Gasteiger partial charge in [0, 0.05) is 18.3 Å². The fourth-order valence-corrected chi connectivity index (χ4v) is 11.1. The summed E-state index contributed by atoms with van der Waals surface area (Å²) >= 11 is 0. The Kier molecular flexibility index (Phi) is 6.87. The van der Waals surface area contributed by atoms with Crippen LogP contribution in [-0.2, 0) is 23.9 Å². The highest BCUT2D eigenvalue weighted by Crippen LogP contribution is 2.75. The van der Waals surface area contributed by atoms with Gasteiger partial charge in [-0.15, -0.1) is 0 Å². The molecule has 222 valence electrons. The first-order valence-corrected chi connectivity index (χ1v) is 15.7. The molecular weight excluding hydrogens is 500 g/mol. The van der Waals surface area contributed by atoms with Gasteiger partial charge in [-0.1, -0.05) is 59.8 Å². The van der Waals surface area contributed by atoms with E-state index in [4.69, 9.17) is 9.47 Å². The van der Waals surface area contributed by atoms with E-state index in [-0.39, 0.29) is 69.3 Å². The predicted molar refractivity (Wildman–Crippen MR) is 156 cm³/mol. The molecule has 0 saturated heterocycles. The van der Waals surface area contributed by atoms with Crippen LogP contribution in [0.3, 0.4) is 0 Å². The summed E-state index contributed by atoms with van der Waals surface area (Å²) in [6, 6.07) is 0. The lowest BCUT2D eigenvalue weighted by molar-refractivity contribution is -0.210. The zero-order chi connectivity index (χ0) is 29.5. The Labute approximate surface area is 241 Å². The Hall–Kier alpha value is -1.91. The highest BCUT2D eigenvalue weighted by molar-refractivity contribution is 5.95. The molecule has 5 rings (SSSR count). The van der Waals surface area contributed by atoms with Crippen molar-refractivity contribution in [1.29, 1.82) is 0 Å². The van der Waals surface area contributed by atoms with Crippen LogP contribution in [0.15, 0.2) is 24.3 Å². The molecule has 0 heterocycles. The van der Waals surface area contributed by atoms with E-state index in [1.165, 1.54) is 12.5 Å². The zero-order valence-electron chi connectivity index (χ0n) is 26.3. The summed E-state index contributed by atoms with van der Waals surface area (Å²) in [5.41, 5.74) is 0.279. The quantitative estimate of drug-likeness (QED) is 0.265. The Morgan fingerprint density at radius 1 is 0.975 bits per heavy atom. The van der Waals surface area contributed by atoms with Crippen LogP contribution in [0.4, 0.5) is 0 Å². The van der Waals surface area contributed by atoms with E-state index in [2.05, 4.69) is 61.1 Å². The number of esters is 2. The Bertz CT molecular complexity index is 1150. The third-order valence-corrected chi connectivity index (χ3v) is 13.6. The molecule has 4 fully saturated rings. The van der Waals surface area contributed by atoms with Crippen molar-refractivity contribution in [2.24, 2.45) is 50.2 Å². The standard InChI is InChI=1S/C35H52O5/c1-10-19-39-29(38)32(6)16-15-31(5)17-18-34(8)23(24(31)21-32)20-25(37)28-33(7)13-12-27(40-22(2)36)30(3,4)26(33)11-14-35(28,34)9/h10,20,24,26-28H,1,11-19,21H2,2-9H3/t24-,26-,27+,28-,31-,32+,33+,34+,35-/m1/s1.